The van der Waals surface area contributed by atoms with Gasteiger partial charge in [-0.1, -0.05) is 29.3 Å². The second-order valence-electron chi connectivity index (χ2n) is 10.1. The maximum absolute atomic E-state index is 13.2. The van der Waals surface area contributed by atoms with Gasteiger partial charge in [-0.3, -0.25) is 24.2 Å². The fourth-order valence-corrected chi connectivity index (χ4v) is 6.15. The minimum Gasteiger partial charge on any atom is -0.483 e. The van der Waals surface area contributed by atoms with Crippen molar-refractivity contribution in [1.29, 1.82) is 0 Å². The predicted octanol–water partition coefficient (Wildman–Crippen LogP) is 4.56. The first-order valence-corrected chi connectivity index (χ1v) is 14.4. The van der Waals surface area contributed by atoms with Gasteiger partial charge in [0.1, 0.15) is 0 Å². The minimum atomic E-state index is -4.55. The lowest BCUT2D eigenvalue weighted by atomic mass is 9.92. The monoisotopic (exact) mass is 662 g/mol. The summed E-state index contributed by atoms with van der Waals surface area (Å²) in [6.45, 7) is 3.79. The van der Waals surface area contributed by atoms with Crippen molar-refractivity contribution < 1.29 is 42.9 Å². The van der Waals surface area contributed by atoms with Gasteiger partial charge in [0.2, 0.25) is 0 Å². The number of carbonyl (C=O) groups is 3. The molecule has 0 radical (unpaired) electrons. The van der Waals surface area contributed by atoms with Gasteiger partial charge in [-0.2, -0.15) is 13.2 Å². The lowest BCUT2D eigenvalue weighted by Gasteiger charge is -2.39. The van der Waals surface area contributed by atoms with Crippen LogP contribution in [0.4, 0.5) is 13.2 Å². The zero-order valence-corrected chi connectivity index (χ0v) is 25.2. The molecule has 5 rings (SSSR count). The van der Waals surface area contributed by atoms with Gasteiger partial charge in [-0.25, -0.2) is 4.98 Å². The number of hydrogen-bond donors (Lipinski definition) is 4. The third-order valence-corrected chi connectivity index (χ3v) is 7.99. The maximum Gasteiger partial charge on any atom is 0.434 e. The third kappa shape index (κ3) is 10.4. The van der Waals surface area contributed by atoms with E-state index < -0.39 is 11.9 Å². The number of fused-ring (bicyclic) bond motifs is 2. The number of likely N-dealkylation sites (tertiary alicyclic amines) is 1. The molecule has 1 aromatic carbocycles. The van der Waals surface area contributed by atoms with Gasteiger partial charge in [-0.15, -0.1) is 0 Å². The fourth-order valence-electron chi connectivity index (χ4n) is 5.76. The molecule has 3 heterocycles. The SMILES string of the molecule is NC1CCN(CC2C3=C(CCN2CCCc2ccc(Cl)c(C(F)(F)F)n2)c2cc(Cl)ccc2C3)C1.O=CO.O=CO.O=CO. The molecule has 0 saturated carbocycles. The van der Waals surface area contributed by atoms with Crippen LogP contribution in [0.1, 0.15) is 41.8 Å². The maximum atomic E-state index is 13.2. The number of hydrogen-bond acceptors (Lipinski definition) is 7. The molecule has 2 aromatic rings. The number of nitrogens with zero attached hydrogens (tertiary/aromatic N) is 3. The van der Waals surface area contributed by atoms with E-state index in [1.807, 2.05) is 6.07 Å². The van der Waals surface area contributed by atoms with Gasteiger partial charge >= 0.3 is 6.18 Å². The number of rotatable bonds is 6. The van der Waals surface area contributed by atoms with Crippen LogP contribution in [-0.4, -0.2) is 94.3 Å². The smallest absolute Gasteiger partial charge is 0.434 e. The van der Waals surface area contributed by atoms with Crippen molar-refractivity contribution in [3.05, 3.63) is 68.5 Å². The molecule has 242 valence electrons. The van der Waals surface area contributed by atoms with E-state index in [0.717, 1.165) is 63.4 Å². The van der Waals surface area contributed by atoms with Gasteiger partial charge < -0.3 is 21.1 Å². The highest BCUT2D eigenvalue weighted by atomic mass is 35.5. The van der Waals surface area contributed by atoms with Crippen LogP contribution in [0.5, 0.6) is 0 Å². The minimum absolute atomic E-state index is 0.221. The molecule has 1 aromatic heterocycles. The summed E-state index contributed by atoms with van der Waals surface area (Å²) in [7, 11) is 0. The van der Waals surface area contributed by atoms with Crippen LogP contribution < -0.4 is 5.73 Å². The highest BCUT2D eigenvalue weighted by Crippen LogP contribution is 2.42. The molecular formula is C29H35Cl2F3N4O6. The van der Waals surface area contributed by atoms with Crippen molar-refractivity contribution in [2.45, 2.75) is 50.4 Å². The van der Waals surface area contributed by atoms with Crippen molar-refractivity contribution in [2.24, 2.45) is 5.73 Å². The summed E-state index contributed by atoms with van der Waals surface area (Å²) in [6, 6.07) is 9.55. The predicted molar refractivity (Wildman–Crippen MR) is 160 cm³/mol. The molecule has 0 spiro atoms. The molecule has 5 N–H and O–H groups in total. The molecule has 10 nitrogen and oxygen atoms in total. The highest BCUT2D eigenvalue weighted by molar-refractivity contribution is 6.31. The molecule has 1 aliphatic carbocycles. The summed E-state index contributed by atoms with van der Waals surface area (Å²) >= 11 is 12.0. The third-order valence-electron chi connectivity index (χ3n) is 7.45. The Morgan fingerprint density at radius 1 is 1.02 bits per heavy atom. The van der Waals surface area contributed by atoms with Crippen molar-refractivity contribution in [3.8, 4) is 0 Å². The molecule has 2 unspecified atom stereocenters. The Labute approximate surface area is 262 Å². The summed E-state index contributed by atoms with van der Waals surface area (Å²) in [5.41, 5.74) is 11.1. The first-order valence-electron chi connectivity index (χ1n) is 13.6. The quantitative estimate of drug-likeness (QED) is 0.323. The van der Waals surface area contributed by atoms with E-state index in [-0.39, 0.29) is 36.5 Å². The Morgan fingerprint density at radius 3 is 2.27 bits per heavy atom. The van der Waals surface area contributed by atoms with Crippen LogP contribution in [-0.2, 0) is 33.4 Å². The van der Waals surface area contributed by atoms with Crippen molar-refractivity contribution in [3.63, 3.8) is 0 Å². The van der Waals surface area contributed by atoms with Crippen molar-refractivity contribution in [1.82, 2.24) is 14.8 Å². The number of alkyl halides is 3. The lowest BCUT2D eigenvalue weighted by molar-refractivity contribution is -0.141. The zero-order chi connectivity index (χ0) is 32.9. The standard InChI is InChI=1S/C26H29Cl2F3N4.3CH2O2/c27-17-4-3-16-12-22-20(21(16)13-17)8-11-35(24(22)15-34-10-7-18(32)14-34)9-1-2-19-5-6-23(28)25(33-19)26(29,30)31;3*2-1-3/h3-6,13,18,24H,1-2,7-12,14-15,32H2;3*1H,(H,2,3). The number of aromatic nitrogens is 1. The van der Waals surface area contributed by atoms with Crippen LogP contribution >= 0.6 is 23.2 Å². The average molecular weight is 664 g/mol. The van der Waals surface area contributed by atoms with E-state index in [0.29, 0.717) is 12.1 Å². The summed E-state index contributed by atoms with van der Waals surface area (Å²) in [4.78, 5) is 33.8. The molecule has 15 heteroatoms. The van der Waals surface area contributed by atoms with Crippen LogP contribution in [0.2, 0.25) is 10.0 Å². The van der Waals surface area contributed by atoms with Gasteiger partial charge in [0.15, 0.2) is 5.69 Å². The number of carboxylic acid groups (broad SMARTS) is 3. The normalized spacial score (nSPS) is 19.2. The molecule has 0 bridgehead atoms. The topological polar surface area (TPSA) is 157 Å². The van der Waals surface area contributed by atoms with Crippen molar-refractivity contribution >= 4 is 48.2 Å². The van der Waals surface area contributed by atoms with E-state index >= 15 is 0 Å². The van der Waals surface area contributed by atoms with E-state index in [1.54, 1.807) is 6.07 Å². The zero-order valence-electron chi connectivity index (χ0n) is 23.7. The average Bonchev–Trinajstić information content (AvgIpc) is 3.54. The van der Waals surface area contributed by atoms with Crippen molar-refractivity contribution in [2.75, 3.05) is 32.7 Å². The molecule has 2 aliphatic heterocycles. The molecule has 3 aliphatic rings. The van der Waals surface area contributed by atoms with Gasteiger partial charge in [0, 0.05) is 42.4 Å². The summed E-state index contributed by atoms with van der Waals surface area (Å²) in [5, 5.41) is 21.1. The molecule has 1 fully saturated rings. The molecule has 0 amide bonds. The van der Waals surface area contributed by atoms with Gasteiger partial charge in [-0.05, 0) is 91.7 Å². The molecule has 1 saturated heterocycles. The van der Waals surface area contributed by atoms with E-state index in [1.165, 1.54) is 28.3 Å². The number of aryl methyl sites for hydroxylation is 1. The fraction of sp³-hybridized carbons (Fsp3) is 0.448. The molecular weight excluding hydrogens is 628 g/mol. The Morgan fingerprint density at radius 2 is 1.68 bits per heavy atom. The summed E-state index contributed by atoms with van der Waals surface area (Å²) in [5.74, 6) is 0. The Bertz CT molecular complexity index is 1280. The van der Waals surface area contributed by atoms with Crippen LogP contribution in [0.15, 0.2) is 35.9 Å². The first-order chi connectivity index (χ1) is 20.9. The van der Waals surface area contributed by atoms with Gasteiger partial charge in [0.25, 0.3) is 19.4 Å². The number of pyridine rings is 1. The Hall–Kier alpha value is -3.23. The van der Waals surface area contributed by atoms with Crippen LogP contribution in [0.25, 0.3) is 5.57 Å². The van der Waals surface area contributed by atoms with E-state index in [2.05, 4.69) is 26.9 Å². The molecule has 44 heavy (non-hydrogen) atoms. The Kier molecular flexibility index (Phi) is 15.0. The van der Waals surface area contributed by atoms with E-state index in [4.69, 9.17) is 58.6 Å². The summed E-state index contributed by atoms with van der Waals surface area (Å²) in [6.07, 6.45) is -0.459. The number of benzene rings is 1. The molecule has 2 atom stereocenters. The second-order valence-corrected chi connectivity index (χ2v) is 11.0. The van der Waals surface area contributed by atoms with E-state index in [9.17, 15) is 13.2 Å². The van der Waals surface area contributed by atoms with Crippen LogP contribution in [0.3, 0.4) is 0 Å². The first kappa shape index (κ1) is 37.0. The largest absolute Gasteiger partial charge is 0.483 e. The number of halogens is 5. The van der Waals surface area contributed by atoms with Crippen LogP contribution in [0, 0.1) is 0 Å². The summed E-state index contributed by atoms with van der Waals surface area (Å²) < 4.78 is 39.6. The Balaban J connectivity index is 0.000000672. The lowest BCUT2D eigenvalue weighted by Crippen LogP contribution is -2.48. The highest BCUT2D eigenvalue weighted by Gasteiger charge is 2.37. The second kappa shape index (κ2) is 17.9. The number of nitrogens with two attached hydrogens (primary N) is 1. The van der Waals surface area contributed by atoms with Gasteiger partial charge in [0.05, 0.1) is 5.02 Å².